The lowest BCUT2D eigenvalue weighted by molar-refractivity contribution is -0.159. The van der Waals surface area contributed by atoms with Crippen LogP contribution < -0.4 is 0 Å². The minimum atomic E-state index is -1.16. The van der Waals surface area contributed by atoms with E-state index in [0.717, 1.165) is 4.90 Å². The van der Waals surface area contributed by atoms with Crippen LogP contribution in [0, 0.1) is 0 Å². The molecule has 1 fully saturated rings. The summed E-state index contributed by atoms with van der Waals surface area (Å²) in [6, 6.07) is 0. The summed E-state index contributed by atoms with van der Waals surface area (Å²) in [6.07, 6.45) is -1.11. The number of aryl methyl sites for hydroxylation is 1. The van der Waals surface area contributed by atoms with E-state index in [2.05, 4.69) is 15.5 Å². The van der Waals surface area contributed by atoms with Gasteiger partial charge < -0.3 is 10.2 Å². The van der Waals surface area contributed by atoms with Gasteiger partial charge in [0.2, 0.25) is 5.16 Å². The Hall–Kier alpha value is -1.59. The normalized spacial score (nSPS) is 24.9. The van der Waals surface area contributed by atoms with Crippen LogP contribution in [0.4, 0.5) is 0 Å². The van der Waals surface area contributed by atoms with E-state index in [4.69, 9.17) is 0 Å². The molecule has 1 aromatic rings. The van der Waals surface area contributed by atoms with Crippen molar-refractivity contribution in [1.29, 1.82) is 0 Å². The van der Waals surface area contributed by atoms with Crippen LogP contribution in [0.25, 0.3) is 0 Å². The lowest BCUT2D eigenvalue weighted by Crippen LogP contribution is -2.64. The molecule has 9 nitrogen and oxygen atoms in total. The van der Waals surface area contributed by atoms with Crippen molar-refractivity contribution in [1.82, 2.24) is 25.1 Å². The van der Waals surface area contributed by atoms with Crippen LogP contribution in [0.2, 0.25) is 0 Å². The highest BCUT2D eigenvalue weighted by Crippen LogP contribution is 2.41. The second kappa shape index (κ2) is 5.31. The second-order valence-corrected chi connectivity index (χ2v) is 6.53. The summed E-state index contributed by atoms with van der Waals surface area (Å²) in [7, 11) is 1.69. The first-order valence-electron chi connectivity index (χ1n) is 5.94. The number of aromatic nitrogens is 4. The average molecular weight is 329 g/mol. The first kappa shape index (κ1) is 14.4. The molecule has 1 amide bonds. The molecule has 2 aliphatic heterocycles. The molecule has 112 valence electrons. The number of fused-ring (bicyclic) bond motifs is 1. The van der Waals surface area contributed by atoms with Gasteiger partial charge >= 0.3 is 5.97 Å². The van der Waals surface area contributed by atoms with Gasteiger partial charge in [0.15, 0.2) is 6.10 Å². The summed E-state index contributed by atoms with van der Waals surface area (Å²) in [5.74, 6) is -0.902. The van der Waals surface area contributed by atoms with Crippen molar-refractivity contribution in [3.63, 3.8) is 0 Å². The maximum atomic E-state index is 11.7. The van der Waals surface area contributed by atoms with E-state index >= 15 is 0 Å². The van der Waals surface area contributed by atoms with Gasteiger partial charge in [-0.3, -0.25) is 9.69 Å². The highest BCUT2D eigenvalue weighted by Gasteiger charge is 2.52. The number of β-lactam (4-membered cyclic amide) rings is 1. The van der Waals surface area contributed by atoms with Gasteiger partial charge in [-0.05, 0) is 16.0 Å². The first-order valence-corrected chi connectivity index (χ1v) is 7.97. The summed E-state index contributed by atoms with van der Waals surface area (Å²) in [4.78, 5) is 24.3. The van der Waals surface area contributed by atoms with Crippen molar-refractivity contribution in [2.75, 3.05) is 11.5 Å². The maximum Gasteiger partial charge on any atom is 0.352 e. The molecule has 0 spiro atoms. The van der Waals surface area contributed by atoms with E-state index in [1.54, 1.807) is 7.05 Å². The Morgan fingerprint density at radius 1 is 1.57 bits per heavy atom. The fraction of sp³-hybridized carbons (Fsp3) is 0.500. The highest BCUT2D eigenvalue weighted by atomic mass is 32.2. The number of tetrazole rings is 1. The van der Waals surface area contributed by atoms with E-state index in [9.17, 15) is 19.8 Å². The van der Waals surface area contributed by atoms with Crippen LogP contribution in [-0.4, -0.2) is 70.2 Å². The summed E-state index contributed by atoms with van der Waals surface area (Å²) in [5, 5.41) is 30.0. The molecule has 0 radical (unpaired) electrons. The standard InChI is InChI=1S/C10H11N5O4S2/c1-14-10(11-12-13-14)21-3-4-2-20-8-6(16)7(17)15(8)5(4)9(18)19/h6,8,16H,2-3H2,1H3,(H,18,19)/t6-,8-/m1/s1. The molecule has 0 aromatic carbocycles. The number of carbonyl (C=O) groups is 2. The van der Waals surface area contributed by atoms with Crippen LogP contribution in [0.3, 0.4) is 0 Å². The van der Waals surface area contributed by atoms with Gasteiger partial charge in [-0.15, -0.1) is 16.9 Å². The van der Waals surface area contributed by atoms with Crippen LogP contribution in [-0.2, 0) is 16.6 Å². The molecule has 21 heavy (non-hydrogen) atoms. The van der Waals surface area contributed by atoms with Gasteiger partial charge in [0.1, 0.15) is 11.1 Å². The zero-order chi connectivity index (χ0) is 15.1. The number of nitrogens with zero attached hydrogens (tertiary/aromatic N) is 5. The van der Waals surface area contributed by atoms with Crippen molar-refractivity contribution in [3.8, 4) is 0 Å². The fourth-order valence-electron chi connectivity index (χ4n) is 2.14. The van der Waals surface area contributed by atoms with Crippen LogP contribution in [0.5, 0.6) is 0 Å². The minimum absolute atomic E-state index is 0.0309. The van der Waals surface area contributed by atoms with Gasteiger partial charge in [0.25, 0.3) is 5.91 Å². The number of hydrogen-bond acceptors (Lipinski definition) is 8. The summed E-state index contributed by atoms with van der Waals surface area (Å²) < 4.78 is 1.49. The number of aliphatic carboxylic acids is 1. The summed E-state index contributed by atoms with van der Waals surface area (Å²) in [5.41, 5.74) is 0.591. The van der Waals surface area contributed by atoms with E-state index in [-0.39, 0.29) is 5.70 Å². The smallest absolute Gasteiger partial charge is 0.352 e. The SMILES string of the molecule is Cn1nnnc1SCC1=C(C(=O)O)N2C(=O)[C@@H](O)[C@H]2SC1. The second-order valence-electron chi connectivity index (χ2n) is 4.49. The number of carboxylic acids is 1. The van der Waals surface area contributed by atoms with Crippen molar-refractivity contribution in [2.45, 2.75) is 16.6 Å². The van der Waals surface area contributed by atoms with E-state index in [0.29, 0.717) is 22.2 Å². The van der Waals surface area contributed by atoms with Crippen LogP contribution in [0.15, 0.2) is 16.4 Å². The van der Waals surface area contributed by atoms with Gasteiger partial charge in [0, 0.05) is 18.6 Å². The number of carbonyl (C=O) groups excluding carboxylic acids is 1. The number of aliphatic hydroxyl groups is 1. The Kier molecular flexibility index (Phi) is 3.63. The number of hydrogen-bond donors (Lipinski definition) is 2. The molecule has 11 heteroatoms. The van der Waals surface area contributed by atoms with Gasteiger partial charge in [-0.25, -0.2) is 9.48 Å². The molecule has 0 bridgehead atoms. The van der Waals surface area contributed by atoms with Crippen LogP contribution in [0.1, 0.15) is 0 Å². The van der Waals surface area contributed by atoms with Gasteiger partial charge in [-0.2, -0.15) is 0 Å². The Balaban J connectivity index is 1.83. The van der Waals surface area contributed by atoms with Crippen LogP contribution >= 0.6 is 23.5 Å². The zero-order valence-electron chi connectivity index (χ0n) is 10.8. The highest BCUT2D eigenvalue weighted by molar-refractivity contribution is 8.01. The lowest BCUT2D eigenvalue weighted by Gasteiger charge is -2.47. The molecule has 1 saturated heterocycles. The number of carboxylic acid groups (broad SMARTS) is 1. The topological polar surface area (TPSA) is 121 Å². The third-order valence-electron chi connectivity index (χ3n) is 3.18. The molecule has 0 aliphatic carbocycles. The lowest BCUT2D eigenvalue weighted by atomic mass is 10.1. The Bertz CT molecular complexity index is 645. The molecule has 0 unspecified atom stereocenters. The van der Waals surface area contributed by atoms with Crippen molar-refractivity contribution < 1.29 is 19.8 Å². The Morgan fingerprint density at radius 2 is 2.33 bits per heavy atom. The average Bonchev–Trinajstić information content (AvgIpc) is 2.88. The third-order valence-corrected chi connectivity index (χ3v) is 5.60. The van der Waals surface area contributed by atoms with Crippen molar-refractivity contribution in [2.24, 2.45) is 7.05 Å². The molecule has 2 aliphatic rings. The quantitative estimate of drug-likeness (QED) is 0.524. The van der Waals surface area contributed by atoms with E-state index in [1.165, 1.54) is 28.2 Å². The molecule has 1 aromatic heterocycles. The monoisotopic (exact) mass is 329 g/mol. The molecule has 0 saturated carbocycles. The molecular formula is C10H11N5O4S2. The van der Waals surface area contributed by atoms with Gasteiger partial charge in [0.05, 0.1) is 0 Å². The van der Waals surface area contributed by atoms with Gasteiger partial charge in [-0.1, -0.05) is 11.8 Å². The molecule has 2 atom stereocenters. The predicted molar refractivity (Wildman–Crippen MR) is 73.3 cm³/mol. The fourth-order valence-corrected chi connectivity index (χ4v) is 4.39. The zero-order valence-corrected chi connectivity index (χ0v) is 12.5. The Morgan fingerprint density at radius 3 is 2.95 bits per heavy atom. The molecular weight excluding hydrogens is 318 g/mol. The summed E-state index contributed by atoms with van der Waals surface area (Å²) >= 11 is 2.66. The predicted octanol–water partition coefficient (Wildman–Crippen LogP) is -1.08. The maximum absolute atomic E-state index is 11.7. The molecule has 2 N–H and O–H groups in total. The number of aliphatic hydroxyl groups excluding tert-OH is 1. The van der Waals surface area contributed by atoms with Crippen molar-refractivity contribution in [3.05, 3.63) is 11.3 Å². The van der Waals surface area contributed by atoms with Crippen molar-refractivity contribution >= 4 is 35.4 Å². The van der Waals surface area contributed by atoms with E-state index in [1.807, 2.05) is 0 Å². The minimum Gasteiger partial charge on any atom is -0.477 e. The number of amides is 1. The largest absolute Gasteiger partial charge is 0.477 e. The number of rotatable bonds is 4. The first-order chi connectivity index (χ1) is 10.0. The molecule has 3 heterocycles. The number of thioether (sulfide) groups is 2. The third kappa shape index (κ3) is 2.30. The summed E-state index contributed by atoms with van der Waals surface area (Å²) in [6.45, 7) is 0. The van der Waals surface area contributed by atoms with E-state index < -0.39 is 23.4 Å². The Labute approximate surface area is 127 Å². The molecule has 3 rings (SSSR count).